The fourth-order valence-corrected chi connectivity index (χ4v) is 2.25. The SMILES string of the molecule is Cc1ccc(C)c(Oc2ccc(Br)cc2C(C)O)c1. The van der Waals surface area contributed by atoms with Gasteiger partial charge in [-0.05, 0) is 56.2 Å². The van der Waals surface area contributed by atoms with Crippen molar-refractivity contribution in [2.45, 2.75) is 26.9 Å². The van der Waals surface area contributed by atoms with Crippen molar-refractivity contribution in [1.29, 1.82) is 0 Å². The first kappa shape index (κ1) is 14.1. The third-order valence-electron chi connectivity index (χ3n) is 2.99. The predicted molar refractivity (Wildman–Crippen MR) is 80.8 cm³/mol. The molecule has 0 spiro atoms. The number of halogens is 1. The van der Waals surface area contributed by atoms with E-state index in [0.717, 1.165) is 26.9 Å². The molecular weight excluding hydrogens is 304 g/mol. The quantitative estimate of drug-likeness (QED) is 0.870. The molecule has 2 rings (SSSR count). The van der Waals surface area contributed by atoms with Gasteiger partial charge in [0.2, 0.25) is 0 Å². The van der Waals surface area contributed by atoms with Crippen LogP contribution in [0.3, 0.4) is 0 Å². The van der Waals surface area contributed by atoms with Gasteiger partial charge < -0.3 is 9.84 Å². The third kappa shape index (κ3) is 3.37. The highest BCUT2D eigenvalue weighted by atomic mass is 79.9. The smallest absolute Gasteiger partial charge is 0.133 e. The lowest BCUT2D eigenvalue weighted by molar-refractivity contribution is 0.195. The summed E-state index contributed by atoms with van der Waals surface area (Å²) in [7, 11) is 0. The second kappa shape index (κ2) is 5.76. The van der Waals surface area contributed by atoms with Crippen LogP contribution in [0.1, 0.15) is 29.7 Å². The summed E-state index contributed by atoms with van der Waals surface area (Å²) in [6, 6.07) is 11.7. The Balaban J connectivity index is 2.40. The van der Waals surface area contributed by atoms with Gasteiger partial charge in [-0.2, -0.15) is 0 Å². The fraction of sp³-hybridized carbons (Fsp3) is 0.250. The molecule has 0 bridgehead atoms. The number of benzene rings is 2. The first-order valence-corrected chi connectivity index (χ1v) is 6.99. The molecule has 1 atom stereocenters. The number of rotatable bonds is 3. The molecule has 19 heavy (non-hydrogen) atoms. The molecule has 0 amide bonds. The van der Waals surface area contributed by atoms with E-state index in [9.17, 15) is 5.11 Å². The molecule has 1 unspecified atom stereocenters. The first-order chi connectivity index (χ1) is 8.97. The number of ether oxygens (including phenoxy) is 1. The summed E-state index contributed by atoms with van der Waals surface area (Å²) < 4.78 is 6.88. The Morgan fingerprint density at radius 2 is 1.79 bits per heavy atom. The van der Waals surface area contributed by atoms with Crippen molar-refractivity contribution in [3.05, 3.63) is 57.6 Å². The minimum absolute atomic E-state index is 0.572. The molecule has 0 saturated carbocycles. The summed E-state index contributed by atoms with van der Waals surface area (Å²) in [6.07, 6.45) is -0.572. The van der Waals surface area contributed by atoms with E-state index in [0.29, 0.717) is 5.75 Å². The number of hydrogen-bond donors (Lipinski definition) is 1. The highest BCUT2D eigenvalue weighted by Gasteiger charge is 2.11. The number of hydrogen-bond acceptors (Lipinski definition) is 2. The van der Waals surface area contributed by atoms with E-state index in [2.05, 4.69) is 22.0 Å². The number of aliphatic hydroxyl groups is 1. The zero-order valence-electron chi connectivity index (χ0n) is 11.3. The molecule has 0 radical (unpaired) electrons. The largest absolute Gasteiger partial charge is 0.457 e. The normalized spacial score (nSPS) is 12.3. The second-order valence-electron chi connectivity index (χ2n) is 4.73. The summed E-state index contributed by atoms with van der Waals surface area (Å²) in [6.45, 7) is 5.77. The van der Waals surface area contributed by atoms with E-state index in [4.69, 9.17) is 4.74 Å². The molecule has 2 nitrogen and oxygen atoms in total. The van der Waals surface area contributed by atoms with Gasteiger partial charge in [0.1, 0.15) is 11.5 Å². The van der Waals surface area contributed by atoms with Crippen LogP contribution in [0.15, 0.2) is 40.9 Å². The molecular formula is C16H17BrO2. The molecule has 0 aliphatic carbocycles. The summed E-state index contributed by atoms with van der Waals surface area (Å²) in [5.41, 5.74) is 3.00. The van der Waals surface area contributed by atoms with Crippen LogP contribution in [-0.4, -0.2) is 5.11 Å². The average Bonchev–Trinajstić information content (AvgIpc) is 2.35. The van der Waals surface area contributed by atoms with Crippen molar-refractivity contribution in [2.75, 3.05) is 0 Å². The van der Waals surface area contributed by atoms with Gasteiger partial charge in [0.25, 0.3) is 0 Å². The molecule has 3 heteroatoms. The Kier molecular flexibility index (Phi) is 4.27. The first-order valence-electron chi connectivity index (χ1n) is 6.20. The predicted octanol–water partition coefficient (Wildman–Crippen LogP) is 4.91. The van der Waals surface area contributed by atoms with Crippen LogP contribution in [0.25, 0.3) is 0 Å². The fourth-order valence-electron chi connectivity index (χ4n) is 1.87. The van der Waals surface area contributed by atoms with Gasteiger partial charge >= 0.3 is 0 Å². The van der Waals surface area contributed by atoms with Gasteiger partial charge in [-0.1, -0.05) is 28.1 Å². The van der Waals surface area contributed by atoms with Crippen molar-refractivity contribution in [2.24, 2.45) is 0 Å². The van der Waals surface area contributed by atoms with Crippen LogP contribution < -0.4 is 4.74 Å². The van der Waals surface area contributed by atoms with Gasteiger partial charge in [-0.25, -0.2) is 0 Å². The van der Waals surface area contributed by atoms with Gasteiger partial charge in [-0.3, -0.25) is 0 Å². The third-order valence-corrected chi connectivity index (χ3v) is 3.48. The molecule has 2 aromatic rings. The molecule has 100 valence electrons. The van der Waals surface area contributed by atoms with Crippen LogP contribution in [-0.2, 0) is 0 Å². The van der Waals surface area contributed by atoms with E-state index < -0.39 is 6.10 Å². The highest BCUT2D eigenvalue weighted by Crippen LogP contribution is 2.33. The maximum atomic E-state index is 9.83. The molecule has 0 saturated heterocycles. The molecule has 0 aliphatic rings. The molecule has 0 aromatic heterocycles. The van der Waals surface area contributed by atoms with Crippen molar-refractivity contribution >= 4 is 15.9 Å². The number of aryl methyl sites for hydroxylation is 2. The van der Waals surface area contributed by atoms with Crippen molar-refractivity contribution in [3.8, 4) is 11.5 Å². The molecule has 2 aromatic carbocycles. The molecule has 0 aliphatic heterocycles. The monoisotopic (exact) mass is 320 g/mol. The van der Waals surface area contributed by atoms with Crippen LogP contribution in [0, 0.1) is 13.8 Å². The molecule has 1 N–H and O–H groups in total. The van der Waals surface area contributed by atoms with Gasteiger partial charge in [0.15, 0.2) is 0 Å². The molecule has 0 heterocycles. The Hall–Kier alpha value is -1.32. The summed E-state index contributed by atoms with van der Waals surface area (Å²) in [4.78, 5) is 0. The lowest BCUT2D eigenvalue weighted by atomic mass is 10.1. The van der Waals surface area contributed by atoms with Gasteiger partial charge in [0.05, 0.1) is 6.10 Å². The van der Waals surface area contributed by atoms with Gasteiger partial charge in [-0.15, -0.1) is 0 Å². The van der Waals surface area contributed by atoms with E-state index in [1.165, 1.54) is 0 Å². The number of aliphatic hydroxyl groups excluding tert-OH is 1. The van der Waals surface area contributed by atoms with Crippen molar-refractivity contribution in [1.82, 2.24) is 0 Å². The topological polar surface area (TPSA) is 29.5 Å². The van der Waals surface area contributed by atoms with Crippen LogP contribution in [0.5, 0.6) is 11.5 Å². The van der Waals surface area contributed by atoms with Gasteiger partial charge in [0, 0.05) is 10.0 Å². The van der Waals surface area contributed by atoms with Crippen molar-refractivity contribution in [3.63, 3.8) is 0 Å². The maximum absolute atomic E-state index is 9.83. The summed E-state index contributed by atoms with van der Waals surface area (Å²) in [5.74, 6) is 1.51. The minimum atomic E-state index is -0.572. The van der Waals surface area contributed by atoms with E-state index in [1.54, 1.807) is 6.92 Å². The van der Waals surface area contributed by atoms with Crippen LogP contribution >= 0.6 is 15.9 Å². The molecule has 0 fully saturated rings. The van der Waals surface area contributed by atoms with E-state index in [1.807, 2.05) is 44.2 Å². The summed E-state index contributed by atoms with van der Waals surface area (Å²) >= 11 is 3.41. The standard InChI is InChI=1S/C16H17BrO2/c1-10-4-5-11(2)16(8-10)19-15-7-6-13(17)9-14(15)12(3)18/h4-9,12,18H,1-3H3. The average molecular weight is 321 g/mol. The Morgan fingerprint density at radius 3 is 2.47 bits per heavy atom. The Bertz CT molecular complexity index is 591. The lowest BCUT2D eigenvalue weighted by Gasteiger charge is -2.15. The van der Waals surface area contributed by atoms with E-state index in [-0.39, 0.29) is 0 Å². The lowest BCUT2D eigenvalue weighted by Crippen LogP contribution is -1.97. The zero-order chi connectivity index (χ0) is 14.0. The zero-order valence-corrected chi connectivity index (χ0v) is 12.9. The Labute approximate surface area is 122 Å². The summed E-state index contributed by atoms with van der Waals surface area (Å²) in [5, 5.41) is 9.83. The Morgan fingerprint density at radius 1 is 1.05 bits per heavy atom. The van der Waals surface area contributed by atoms with Crippen LogP contribution in [0.4, 0.5) is 0 Å². The second-order valence-corrected chi connectivity index (χ2v) is 5.64. The van der Waals surface area contributed by atoms with Crippen LogP contribution in [0.2, 0.25) is 0 Å². The highest BCUT2D eigenvalue weighted by molar-refractivity contribution is 9.10. The maximum Gasteiger partial charge on any atom is 0.133 e. The minimum Gasteiger partial charge on any atom is -0.457 e. The van der Waals surface area contributed by atoms with E-state index >= 15 is 0 Å². The van der Waals surface area contributed by atoms with Crippen molar-refractivity contribution < 1.29 is 9.84 Å².